The molecular formula is C13H26N2O2. The Hall–Kier alpha value is -0.610. The number of hydrogen-bond acceptors (Lipinski definition) is 3. The van der Waals surface area contributed by atoms with Crippen LogP contribution in [0.4, 0.5) is 0 Å². The van der Waals surface area contributed by atoms with Crippen molar-refractivity contribution in [3.05, 3.63) is 0 Å². The molecule has 0 aromatic rings. The predicted molar refractivity (Wildman–Crippen MR) is 68.5 cm³/mol. The molecule has 0 saturated heterocycles. The summed E-state index contributed by atoms with van der Waals surface area (Å²) in [6.07, 6.45) is 7.27. The molecule has 4 N–H and O–H groups in total. The molecule has 4 heteroatoms. The van der Waals surface area contributed by atoms with E-state index < -0.39 is 12.1 Å². The predicted octanol–water partition coefficient (Wildman–Crippen LogP) is 1.31. The lowest BCUT2D eigenvalue weighted by atomic mass is 10.0. The molecule has 1 amide bonds. The van der Waals surface area contributed by atoms with Crippen molar-refractivity contribution < 1.29 is 9.90 Å². The summed E-state index contributed by atoms with van der Waals surface area (Å²) in [7, 11) is 0. The van der Waals surface area contributed by atoms with Crippen LogP contribution in [-0.2, 0) is 4.79 Å². The summed E-state index contributed by atoms with van der Waals surface area (Å²) in [5.41, 5.74) is 5.81. The smallest absolute Gasteiger partial charge is 0.237 e. The first-order valence-electron chi connectivity index (χ1n) is 6.89. The van der Waals surface area contributed by atoms with Crippen molar-refractivity contribution >= 4 is 5.91 Å². The van der Waals surface area contributed by atoms with E-state index in [0.717, 1.165) is 51.4 Å². The number of amides is 1. The third kappa shape index (κ3) is 5.04. The minimum Gasteiger partial charge on any atom is -0.391 e. The lowest BCUT2D eigenvalue weighted by molar-refractivity contribution is -0.124. The van der Waals surface area contributed by atoms with Crippen LogP contribution in [0.2, 0.25) is 0 Å². The Balaban J connectivity index is 2.37. The highest BCUT2D eigenvalue weighted by Crippen LogP contribution is 2.18. The van der Waals surface area contributed by atoms with Gasteiger partial charge >= 0.3 is 0 Å². The lowest BCUT2D eigenvalue weighted by Crippen LogP contribution is -2.49. The van der Waals surface area contributed by atoms with Crippen LogP contribution in [-0.4, -0.2) is 29.2 Å². The van der Waals surface area contributed by atoms with E-state index in [9.17, 15) is 9.90 Å². The number of rotatable bonds is 5. The molecule has 0 aromatic heterocycles. The summed E-state index contributed by atoms with van der Waals surface area (Å²) in [4.78, 5) is 11.8. The van der Waals surface area contributed by atoms with Crippen molar-refractivity contribution in [1.29, 1.82) is 0 Å². The summed E-state index contributed by atoms with van der Waals surface area (Å²) in [5, 5.41) is 12.8. The van der Waals surface area contributed by atoms with Crippen molar-refractivity contribution in [1.82, 2.24) is 5.32 Å². The van der Waals surface area contributed by atoms with Gasteiger partial charge in [0.05, 0.1) is 18.2 Å². The van der Waals surface area contributed by atoms with Gasteiger partial charge in [0.1, 0.15) is 0 Å². The third-order valence-electron chi connectivity index (χ3n) is 3.51. The van der Waals surface area contributed by atoms with Crippen molar-refractivity contribution in [2.45, 2.75) is 76.5 Å². The molecule has 1 fully saturated rings. The van der Waals surface area contributed by atoms with E-state index in [2.05, 4.69) is 12.2 Å². The zero-order chi connectivity index (χ0) is 12.7. The summed E-state index contributed by atoms with van der Waals surface area (Å²) in [5.74, 6) is -0.107. The van der Waals surface area contributed by atoms with Crippen LogP contribution >= 0.6 is 0 Å². The Morgan fingerprint density at radius 1 is 1.41 bits per heavy atom. The number of unbranched alkanes of at least 4 members (excludes halogenated alkanes) is 1. The highest BCUT2D eigenvalue weighted by molar-refractivity contribution is 5.81. The first-order chi connectivity index (χ1) is 8.15. The van der Waals surface area contributed by atoms with Gasteiger partial charge in [-0.05, 0) is 19.3 Å². The zero-order valence-corrected chi connectivity index (χ0v) is 10.8. The number of nitrogens with two attached hydrogens (primary N) is 1. The van der Waals surface area contributed by atoms with Gasteiger partial charge in [0.2, 0.25) is 5.91 Å². The van der Waals surface area contributed by atoms with Crippen molar-refractivity contribution in [3.8, 4) is 0 Å². The topological polar surface area (TPSA) is 75.4 Å². The number of aliphatic hydroxyl groups excluding tert-OH is 1. The summed E-state index contributed by atoms with van der Waals surface area (Å²) < 4.78 is 0. The minimum atomic E-state index is -0.426. The Labute approximate surface area is 104 Å². The number of carbonyl (C=O) groups excluding carboxylic acids is 1. The Morgan fingerprint density at radius 3 is 2.82 bits per heavy atom. The van der Waals surface area contributed by atoms with Gasteiger partial charge in [0.15, 0.2) is 0 Å². The second kappa shape index (κ2) is 7.67. The lowest BCUT2D eigenvalue weighted by Gasteiger charge is -2.23. The van der Waals surface area contributed by atoms with E-state index in [0.29, 0.717) is 0 Å². The Kier molecular flexibility index (Phi) is 6.52. The van der Waals surface area contributed by atoms with Crippen LogP contribution < -0.4 is 11.1 Å². The molecule has 3 atom stereocenters. The third-order valence-corrected chi connectivity index (χ3v) is 3.51. The fourth-order valence-corrected chi connectivity index (χ4v) is 2.30. The van der Waals surface area contributed by atoms with Gasteiger partial charge in [-0.1, -0.05) is 39.0 Å². The van der Waals surface area contributed by atoms with Gasteiger partial charge in [-0.15, -0.1) is 0 Å². The van der Waals surface area contributed by atoms with Crippen molar-refractivity contribution in [3.63, 3.8) is 0 Å². The van der Waals surface area contributed by atoms with Crippen LogP contribution in [0.25, 0.3) is 0 Å². The summed E-state index contributed by atoms with van der Waals surface area (Å²) in [6.45, 7) is 2.08. The van der Waals surface area contributed by atoms with Gasteiger partial charge in [-0.2, -0.15) is 0 Å². The maximum absolute atomic E-state index is 11.8. The number of hydrogen-bond donors (Lipinski definition) is 3. The number of carbonyl (C=O) groups is 1. The molecule has 1 saturated carbocycles. The molecule has 17 heavy (non-hydrogen) atoms. The van der Waals surface area contributed by atoms with E-state index in [1.807, 2.05) is 0 Å². The van der Waals surface area contributed by atoms with Crippen molar-refractivity contribution in [2.75, 3.05) is 0 Å². The first-order valence-corrected chi connectivity index (χ1v) is 6.89. The van der Waals surface area contributed by atoms with Gasteiger partial charge in [0.25, 0.3) is 0 Å². The first kappa shape index (κ1) is 14.5. The summed E-state index contributed by atoms with van der Waals surface area (Å²) >= 11 is 0. The fraction of sp³-hybridized carbons (Fsp3) is 0.923. The van der Waals surface area contributed by atoms with Crippen LogP contribution in [0, 0.1) is 0 Å². The Bertz CT molecular complexity index is 233. The molecule has 1 aliphatic carbocycles. The molecule has 0 aromatic carbocycles. The van der Waals surface area contributed by atoms with Gasteiger partial charge in [0, 0.05) is 0 Å². The molecule has 100 valence electrons. The fourth-order valence-electron chi connectivity index (χ4n) is 2.30. The highest BCUT2D eigenvalue weighted by Gasteiger charge is 2.24. The van der Waals surface area contributed by atoms with Crippen LogP contribution in [0.1, 0.15) is 58.3 Å². The maximum atomic E-state index is 11.8. The molecule has 0 radical (unpaired) electrons. The van der Waals surface area contributed by atoms with E-state index in [-0.39, 0.29) is 11.9 Å². The van der Waals surface area contributed by atoms with Gasteiger partial charge in [-0.3, -0.25) is 4.79 Å². The molecule has 0 bridgehead atoms. The van der Waals surface area contributed by atoms with Gasteiger partial charge < -0.3 is 16.2 Å². The summed E-state index contributed by atoms with van der Waals surface area (Å²) in [6, 6.07) is -0.525. The molecule has 3 unspecified atom stereocenters. The largest absolute Gasteiger partial charge is 0.391 e. The van der Waals surface area contributed by atoms with E-state index >= 15 is 0 Å². The molecule has 0 spiro atoms. The SMILES string of the molecule is CCCCC(N)C(=O)NC1CCCCCC1O. The molecule has 1 rings (SSSR count). The molecule has 1 aliphatic rings. The average molecular weight is 242 g/mol. The van der Waals surface area contributed by atoms with E-state index in [1.54, 1.807) is 0 Å². The average Bonchev–Trinajstić information content (AvgIpc) is 2.52. The van der Waals surface area contributed by atoms with E-state index in [1.165, 1.54) is 0 Å². The molecule has 0 heterocycles. The van der Waals surface area contributed by atoms with Crippen LogP contribution in [0.3, 0.4) is 0 Å². The quantitative estimate of drug-likeness (QED) is 0.636. The van der Waals surface area contributed by atoms with Crippen LogP contribution in [0.15, 0.2) is 0 Å². The standard InChI is InChI=1S/C13H26N2O2/c1-2-3-7-10(14)13(17)15-11-8-5-4-6-9-12(11)16/h10-12,16H,2-9,14H2,1H3,(H,15,17). The van der Waals surface area contributed by atoms with Crippen LogP contribution in [0.5, 0.6) is 0 Å². The van der Waals surface area contributed by atoms with E-state index in [4.69, 9.17) is 5.73 Å². The normalized spacial score (nSPS) is 27.2. The monoisotopic (exact) mass is 242 g/mol. The number of aliphatic hydroxyl groups is 1. The minimum absolute atomic E-state index is 0.0994. The highest BCUT2D eigenvalue weighted by atomic mass is 16.3. The molecule has 0 aliphatic heterocycles. The second-order valence-electron chi connectivity index (χ2n) is 5.07. The maximum Gasteiger partial charge on any atom is 0.237 e. The second-order valence-corrected chi connectivity index (χ2v) is 5.07. The van der Waals surface area contributed by atoms with Crippen molar-refractivity contribution in [2.24, 2.45) is 5.73 Å². The van der Waals surface area contributed by atoms with Gasteiger partial charge in [-0.25, -0.2) is 0 Å². The number of nitrogens with one attached hydrogen (secondary N) is 1. The molecule has 4 nitrogen and oxygen atoms in total. The zero-order valence-electron chi connectivity index (χ0n) is 10.8. The molecular weight excluding hydrogens is 216 g/mol. The Morgan fingerprint density at radius 2 is 2.12 bits per heavy atom.